The lowest BCUT2D eigenvalue weighted by molar-refractivity contribution is 0.0700. The fraction of sp³-hybridized carbons (Fsp3) is 0.433. The number of aromatic nitrogens is 1. The number of nitrogens with zero attached hydrogens (tertiary/aromatic N) is 2. The van der Waals surface area contributed by atoms with Gasteiger partial charge in [-0.05, 0) is 81.2 Å². The summed E-state index contributed by atoms with van der Waals surface area (Å²) in [5, 5.41) is 2.16. The van der Waals surface area contributed by atoms with Gasteiger partial charge in [0.15, 0.2) is 5.76 Å². The molecule has 1 saturated heterocycles. The second-order valence-corrected chi connectivity index (χ2v) is 11.2. The third-order valence-electron chi connectivity index (χ3n) is 8.80. The van der Waals surface area contributed by atoms with E-state index in [2.05, 4.69) is 42.7 Å². The van der Waals surface area contributed by atoms with E-state index in [1.807, 2.05) is 17.0 Å². The molecule has 0 radical (unpaired) electrons. The highest BCUT2D eigenvalue weighted by molar-refractivity contribution is 6.02. The van der Waals surface area contributed by atoms with Crippen LogP contribution in [0.5, 0.6) is 5.75 Å². The highest BCUT2D eigenvalue weighted by Gasteiger charge is 2.47. The molecule has 2 aliphatic carbocycles. The lowest BCUT2D eigenvalue weighted by Crippen LogP contribution is -2.41. The number of methoxy groups -OCH3 is 1. The molecular formula is C30H33N3O3. The third-order valence-corrected chi connectivity index (χ3v) is 8.80. The number of fused-ring (bicyclic) bond motifs is 4. The molecule has 186 valence electrons. The van der Waals surface area contributed by atoms with Gasteiger partial charge in [-0.3, -0.25) is 4.79 Å². The highest BCUT2D eigenvalue weighted by Crippen LogP contribution is 2.43. The van der Waals surface area contributed by atoms with E-state index in [0.29, 0.717) is 22.8 Å². The summed E-state index contributed by atoms with van der Waals surface area (Å²) >= 11 is 0. The van der Waals surface area contributed by atoms with Crippen molar-refractivity contribution >= 4 is 27.8 Å². The van der Waals surface area contributed by atoms with Gasteiger partial charge in [0.2, 0.25) is 0 Å². The molecule has 1 amide bonds. The van der Waals surface area contributed by atoms with E-state index in [9.17, 15) is 4.79 Å². The van der Waals surface area contributed by atoms with Gasteiger partial charge in [-0.2, -0.15) is 0 Å². The zero-order chi connectivity index (χ0) is 24.7. The summed E-state index contributed by atoms with van der Waals surface area (Å²) in [6.45, 7) is 5.97. The fourth-order valence-corrected chi connectivity index (χ4v) is 6.62. The van der Waals surface area contributed by atoms with Gasteiger partial charge in [0.05, 0.1) is 18.2 Å². The number of piperidine rings is 1. The van der Waals surface area contributed by atoms with Crippen LogP contribution in [0.2, 0.25) is 0 Å². The predicted molar refractivity (Wildman–Crippen MR) is 141 cm³/mol. The zero-order valence-corrected chi connectivity index (χ0v) is 21.2. The number of carbonyl (C=O) groups excluding carboxylic acids is 1. The van der Waals surface area contributed by atoms with E-state index < -0.39 is 0 Å². The molecule has 0 spiro atoms. The highest BCUT2D eigenvalue weighted by atomic mass is 16.5. The number of benzene rings is 2. The Bertz CT molecular complexity index is 1530. The van der Waals surface area contributed by atoms with Crippen LogP contribution in [0.3, 0.4) is 0 Å². The van der Waals surface area contributed by atoms with Crippen LogP contribution in [0.1, 0.15) is 47.2 Å². The molecular weight excluding hydrogens is 450 g/mol. The number of amides is 1. The Hall–Kier alpha value is -3.25. The molecule has 6 nitrogen and oxygen atoms in total. The summed E-state index contributed by atoms with van der Waals surface area (Å²) in [7, 11) is 1.66. The van der Waals surface area contributed by atoms with Crippen molar-refractivity contribution in [1.29, 1.82) is 0 Å². The van der Waals surface area contributed by atoms with E-state index in [4.69, 9.17) is 14.9 Å². The van der Waals surface area contributed by atoms with Gasteiger partial charge in [-0.25, -0.2) is 0 Å². The number of furan rings is 1. The first kappa shape index (κ1) is 22.0. The van der Waals surface area contributed by atoms with Gasteiger partial charge < -0.3 is 24.4 Å². The molecule has 3 aliphatic rings. The van der Waals surface area contributed by atoms with Gasteiger partial charge in [0.1, 0.15) is 11.3 Å². The number of carbonyl (C=O) groups is 1. The number of hydrogen-bond donors (Lipinski definition) is 1. The summed E-state index contributed by atoms with van der Waals surface area (Å²) in [5.74, 6) is 2.69. The second kappa shape index (κ2) is 7.87. The fourth-order valence-electron chi connectivity index (χ4n) is 6.62. The number of likely N-dealkylation sites (tertiary alicyclic amines) is 1. The van der Waals surface area contributed by atoms with Crippen molar-refractivity contribution in [1.82, 2.24) is 9.47 Å². The number of hydrogen-bond acceptors (Lipinski definition) is 4. The maximum atomic E-state index is 13.6. The monoisotopic (exact) mass is 483 g/mol. The van der Waals surface area contributed by atoms with Crippen LogP contribution in [0.15, 0.2) is 40.8 Å². The van der Waals surface area contributed by atoms with Crippen LogP contribution in [0.25, 0.3) is 33.3 Å². The molecule has 3 fully saturated rings. The molecule has 2 N–H and O–H groups in total. The molecule has 6 heteroatoms. The number of ether oxygens (including phenoxy) is 1. The van der Waals surface area contributed by atoms with Gasteiger partial charge in [-0.1, -0.05) is 12.1 Å². The quantitative estimate of drug-likeness (QED) is 0.398. The molecule has 2 aromatic heterocycles. The van der Waals surface area contributed by atoms with Gasteiger partial charge in [0.25, 0.3) is 5.91 Å². The Balaban J connectivity index is 1.35. The Kier molecular flexibility index (Phi) is 4.81. The Morgan fingerprint density at radius 2 is 1.94 bits per heavy atom. The summed E-state index contributed by atoms with van der Waals surface area (Å²) in [6, 6.07) is 12.9. The molecule has 2 saturated carbocycles. The van der Waals surface area contributed by atoms with Crippen molar-refractivity contribution in [2.75, 3.05) is 13.7 Å². The lowest BCUT2D eigenvalue weighted by atomic mass is 10.0. The molecule has 1 aliphatic heterocycles. The SMILES string of the molecule is COc1cc(C(=O)N2CC3CCC2[C@@H]3N)cc2oc(-c3cc4ccc(C)cc4n3CC3CC3)c(C)c12. The van der Waals surface area contributed by atoms with Crippen molar-refractivity contribution in [3.05, 3.63) is 53.1 Å². The van der Waals surface area contributed by atoms with E-state index in [-0.39, 0.29) is 18.0 Å². The third kappa shape index (κ3) is 3.23. The summed E-state index contributed by atoms with van der Waals surface area (Å²) in [4.78, 5) is 15.5. The largest absolute Gasteiger partial charge is 0.496 e. The molecule has 3 atom stereocenters. The lowest BCUT2D eigenvalue weighted by Gasteiger charge is -2.27. The van der Waals surface area contributed by atoms with E-state index in [1.54, 1.807) is 7.11 Å². The average Bonchev–Trinajstić information content (AvgIpc) is 3.29. The van der Waals surface area contributed by atoms with Crippen LogP contribution in [0, 0.1) is 25.7 Å². The van der Waals surface area contributed by atoms with E-state index in [1.165, 1.54) is 29.3 Å². The standard InChI is InChI=1S/C30H33N3O3/c1-16-4-7-19-11-24(32(23(19)10-16)14-18-5-6-18)29-17(2)27-25(35-3)12-21(13-26(27)36-29)30(34)33-15-20-8-9-22(33)28(20)31/h4,7,10-13,18,20,22,28H,5-6,8-9,14-15,31H2,1-3H3/t20?,22?,28-/m1/s1. The van der Waals surface area contributed by atoms with Crippen molar-refractivity contribution in [3.63, 3.8) is 0 Å². The Morgan fingerprint density at radius 1 is 1.11 bits per heavy atom. The minimum atomic E-state index is 0.0202. The zero-order valence-electron chi connectivity index (χ0n) is 21.2. The summed E-state index contributed by atoms with van der Waals surface area (Å²) in [6.07, 6.45) is 4.68. The van der Waals surface area contributed by atoms with Crippen molar-refractivity contribution in [3.8, 4) is 17.2 Å². The first-order chi connectivity index (χ1) is 17.4. The Morgan fingerprint density at radius 3 is 2.64 bits per heavy atom. The van der Waals surface area contributed by atoms with E-state index >= 15 is 0 Å². The Labute approximate surface area is 211 Å². The molecule has 4 aromatic rings. The number of rotatable bonds is 5. The molecule has 7 rings (SSSR count). The topological polar surface area (TPSA) is 73.6 Å². The smallest absolute Gasteiger partial charge is 0.254 e. The van der Waals surface area contributed by atoms with Gasteiger partial charge in [-0.15, -0.1) is 0 Å². The first-order valence-corrected chi connectivity index (χ1v) is 13.2. The number of aryl methyl sites for hydroxylation is 2. The number of nitrogens with two attached hydrogens (primary N) is 1. The predicted octanol–water partition coefficient (Wildman–Crippen LogP) is 5.65. The minimum absolute atomic E-state index is 0.0202. The molecule has 2 unspecified atom stereocenters. The normalized spacial score (nSPS) is 23.3. The van der Waals surface area contributed by atoms with Crippen molar-refractivity contribution in [2.45, 2.75) is 58.2 Å². The second-order valence-electron chi connectivity index (χ2n) is 11.2. The van der Waals surface area contributed by atoms with Crippen molar-refractivity contribution < 1.29 is 13.9 Å². The average molecular weight is 484 g/mol. The molecule has 2 aromatic carbocycles. The van der Waals surface area contributed by atoms with Crippen molar-refractivity contribution in [2.24, 2.45) is 17.6 Å². The van der Waals surface area contributed by atoms with Gasteiger partial charge in [0, 0.05) is 47.2 Å². The van der Waals surface area contributed by atoms with Crippen LogP contribution < -0.4 is 10.5 Å². The maximum Gasteiger partial charge on any atom is 0.254 e. The molecule has 3 heterocycles. The van der Waals surface area contributed by atoms with Crippen LogP contribution in [0.4, 0.5) is 0 Å². The van der Waals surface area contributed by atoms with E-state index in [0.717, 1.165) is 54.3 Å². The molecule has 36 heavy (non-hydrogen) atoms. The molecule has 2 bridgehead atoms. The summed E-state index contributed by atoms with van der Waals surface area (Å²) < 4.78 is 14.8. The first-order valence-electron chi connectivity index (χ1n) is 13.2. The minimum Gasteiger partial charge on any atom is -0.496 e. The maximum absolute atomic E-state index is 13.6. The van der Waals surface area contributed by atoms with Gasteiger partial charge >= 0.3 is 0 Å². The van der Waals surface area contributed by atoms with Crippen LogP contribution in [-0.4, -0.2) is 41.1 Å². The van der Waals surface area contributed by atoms with Crippen LogP contribution >= 0.6 is 0 Å². The summed E-state index contributed by atoms with van der Waals surface area (Å²) in [5.41, 5.74) is 12.3. The van der Waals surface area contributed by atoms with Crippen LogP contribution in [-0.2, 0) is 6.54 Å².